The quantitative estimate of drug-likeness (QED) is 0.500. The number of hydrogen-bond acceptors (Lipinski definition) is 5. The molecular formula is C27H26FNO5. The highest BCUT2D eigenvalue weighted by Gasteiger charge is 2.27. The molecule has 0 bridgehead atoms. The Morgan fingerprint density at radius 2 is 1.82 bits per heavy atom. The second kappa shape index (κ2) is 9.47. The van der Waals surface area contributed by atoms with Crippen LogP contribution in [0.2, 0.25) is 0 Å². The van der Waals surface area contributed by atoms with E-state index in [2.05, 4.69) is 0 Å². The Morgan fingerprint density at radius 3 is 2.44 bits per heavy atom. The van der Waals surface area contributed by atoms with E-state index in [-0.39, 0.29) is 35.4 Å². The zero-order valence-electron chi connectivity index (χ0n) is 19.5. The van der Waals surface area contributed by atoms with Gasteiger partial charge in [-0.15, -0.1) is 0 Å². The van der Waals surface area contributed by atoms with E-state index in [9.17, 15) is 14.3 Å². The van der Waals surface area contributed by atoms with Crippen LogP contribution in [-0.4, -0.2) is 37.2 Å². The second-order valence-electron chi connectivity index (χ2n) is 8.13. The molecule has 1 aliphatic rings. The van der Waals surface area contributed by atoms with Crippen LogP contribution in [0, 0.1) is 5.82 Å². The van der Waals surface area contributed by atoms with Crippen molar-refractivity contribution in [2.45, 2.75) is 19.9 Å². The maximum atomic E-state index is 14.2. The molecule has 34 heavy (non-hydrogen) atoms. The molecule has 0 spiro atoms. The van der Waals surface area contributed by atoms with Gasteiger partial charge in [0.05, 0.1) is 33.4 Å². The van der Waals surface area contributed by atoms with Gasteiger partial charge in [0.25, 0.3) is 0 Å². The Hall–Kier alpha value is -4.00. The summed E-state index contributed by atoms with van der Waals surface area (Å²) in [4.78, 5) is 14.6. The first-order valence-corrected chi connectivity index (χ1v) is 10.8. The lowest BCUT2D eigenvalue weighted by molar-refractivity contribution is -0.129. The fraction of sp³-hybridized carbons (Fsp3) is 0.222. The van der Waals surface area contributed by atoms with Gasteiger partial charge in [0, 0.05) is 7.05 Å². The molecule has 0 fully saturated rings. The summed E-state index contributed by atoms with van der Waals surface area (Å²) in [5.41, 5.74) is 4.78. The normalized spacial score (nSPS) is 13.9. The molecule has 0 saturated carbocycles. The van der Waals surface area contributed by atoms with Crippen molar-refractivity contribution in [1.29, 1.82) is 0 Å². The fourth-order valence-corrected chi connectivity index (χ4v) is 4.16. The smallest absolute Gasteiger partial charge is 0.227 e. The van der Waals surface area contributed by atoms with Crippen molar-refractivity contribution >= 4 is 23.1 Å². The van der Waals surface area contributed by atoms with Crippen molar-refractivity contribution in [2.75, 3.05) is 21.3 Å². The van der Waals surface area contributed by atoms with E-state index < -0.39 is 0 Å². The molecule has 0 unspecified atom stereocenters. The van der Waals surface area contributed by atoms with Gasteiger partial charge in [0.1, 0.15) is 11.6 Å². The minimum atomic E-state index is -0.366. The molecule has 3 aromatic rings. The molecule has 4 rings (SSSR count). The summed E-state index contributed by atoms with van der Waals surface area (Å²) in [7, 11) is 4.65. The van der Waals surface area contributed by atoms with Crippen molar-refractivity contribution in [1.82, 2.24) is 4.90 Å². The lowest BCUT2D eigenvalue weighted by atomic mass is 10.00. The molecular weight excluding hydrogens is 437 g/mol. The SMILES string of the molecule is COc1cc(/C=C2/C(C)=C(CC(=O)N(C)Cc3ccco3)c3cc(F)ccc32)cc(OC)c1O. The second-order valence-corrected chi connectivity index (χ2v) is 8.13. The van der Waals surface area contributed by atoms with E-state index in [1.807, 2.05) is 19.1 Å². The molecule has 0 atom stereocenters. The zero-order chi connectivity index (χ0) is 24.4. The summed E-state index contributed by atoms with van der Waals surface area (Å²) in [5, 5.41) is 10.2. The zero-order valence-corrected chi connectivity index (χ0v) is 19.5. The summed E-state index contributed by atoms with van der Waals surface area (Å²) < 4.78 is 30.1. The van der Waals surface area contributed by atoms with Gasteiger partial charge in [-0.3, -0.25) is 4.79 Å². The number of carbonyl (C=O) groups excluding carboxylic acids is 1. The number of furan rings is 1. The maximum Gasteiger partial charge on any atom is 0.227 e. The van der Waals surface area contributed by atoms with Gasteiger partial charge < -0.3 is 23.9 Å². The highest BCUT2D eigenvalue weighted by atomic mass is 19.1. The molecule has 1 amide bonds. The largest absolute Gasteiger partial charge is 0.502 e. The molecule has 1 aliphatic carbocycles. The van der Waals surface area contributed by atoms with E-state index in [0.29, 0.717) is 17.9 Å². The van der Waals surface area contributed by atoms with Crippen LogP contribution in [0.3, 0.4) is 0 Å². The maximum absolute atomic E-state index is 14.2. The van der Waals surface area contributed by atoms with Crippen LogP contribution in [0.1, 0.15) is 35.8 Å². The number of phenolic OH excluding ortho intramolecular Hbond substituents is 1. The average Bonchev–Trinajstić information content (AvgIpc) is 3.42. The minimum Gasteiger partial charge on any atom is -0.502 e. The van der Waals surface area contributed by atoms with Gasteiger partial charge in [0.2, 0.25) is 11.7 Å². The predicted octanol–water partition coefficient (Wildman–Crippen LogP) is 5.52. The van der Waals surface area contributed by atoms with Crippen LogP contribution in [0.15, 0.2) is 58.7 Å². The number of halogens is 1. The third-order valence-electron chi connectivity index (χ3n) is 5.99. The third kappa shape index (κ3) is 4.41. The Kier molecular flexibility index (Phi) is 6.45. The molecule has 176 valence electrons. The number of allylic oxidation sites excluding steroid dienone is 2. The first kappa shape index (κ1) is 23.2. The standard InChI is InChI=1S/C27H26FNO5/c1-16-21(10-17-11-24(32-3)27(31)25(12-17)33-4)20-8-7-18(28)13-23(20)22(16)14-26(30)29(2)15-19-6-5-9-34-19/h5-13,31H,14-15H2,1-4H3/b21-10-. The van der Waals surface area contributed by atoms with E-state index in [1.165, 1.54) is 26.4 Å². The van der Waals surface area contributed by atoms with Gasteiger partial charge >= 0.3 is 0 Å². The number of benzene rings is 2. The van der Waals surface area contributed by atoms with E-state index >= 15 is 0 Å². The molecule has 7 heteroatoms. The van der Waals surface area contributed by atoms with Gasteiger partial charge in [-0.2, -0.15) is 0 Å². The van der Waals surface area contributed by atoms with Crippen molar-refractivity contribution in [2.24, 2.45) is 0 Å². The fourth-order valence-electron chi connectivity index (χ4n) is 4.16. The molecule has 1 N–H and O–H groups in total. The number of rotatable bonds is 7. The molecule has 0 aliphatic heterocycles. The molecule has 1 aromatic heterocycles. The van der Waals surface area contributed by atoms with Crippen LogP contribution in [-0.2, 0) is 11.3 Å². The molecule has 0 saturated heterocycles. The Bertz CT molecular complexity index is 1270. The van der Waals surface area contributed by atoms with E-state index in [1.54, 1.807) is 42.5 Å². The number of aromatic hydroxyl groups is 1. The number of phenols is 1. The number of hydrogen-bond donors (Lipinski definition) is 1. The Balaban J connectivity index is 1.72. The Morgan fingerprint density at radius 1 is 1.12 bits per heavy atom. The lowest BCUT2D eigenvalue weighted by Crippen LogP contribution is -2.26. The van der Waals surface area contributed by atoms with Gasteiger partial charge in [0.15, 0.2) is 11.5 Å². The van der Waals surface area contributed by atoms with Gasteiger partial charge in [-0.1, -0.05) is 6.07 Å². The number of nitrogens with zero attached hydrogens (tertiary/aromatic N) is 1. The average molecular weight is 464 g/mol. The van der Waals surface area contributed by atoms with Crippen LogP contribution in [0.4, 0.5) is 4.39 Å². The van der Waals surface area contributed by atoms with Crippen LogP contribution < -0.4 is 9.47 Å². The number of methoxy groups -OCH3 is 2. The van der Waals surface area contributed by atoms with Gasteiger partial charge in [-0.25, -0.2) is 4.39 Å². The number of amides is 1. The lowest BCUT2D eigenvalue weighted by Gasteiger charge is -2.17. The Labute approximate surface area is 197 Å². The monoisotopic (exact) mass is 463 g/mol. The first-order chi connectivity index (χ1) is 16.3. The highest BCUT2D eigenvalue weighted by molar-refractivity contribution is 6.08. The van der Waals surface area contributed by atoms with Crippen LogP contribution in [0.5, 0.6) is 17.2 Å². The highest BCUT2D eigenvalue weighted by Crippen LogP contribution is 2.45. The molecule has 2 aromatic carbocycles. The van der Waals surface area contributed by atoms with Crippen molar-refractivity contribution in [3.8, 4) is 17.2 Å². The minimum absolute atomic E-state index is 0.0841. The summed E-state index contributed by atoms with van der Waals surface area (Å²) in [5.74, 6) is 0.694. The number of ether oxygens (including phenoxy) is 2. The van der Waals surface area contributed by atoms with E-state index in [0.717, 1.165) is 27.8 Å². The molecule has 0 radical (unpaired) electrons. The van der Waals surface area contributed by atoms with Crippen molar-refractivity contribution in [3.63, 3.8) is 0 Å². The topological polar surface area (TPSA) is 72.1 Å². The summed E-state index contributed by atoms with van der Waals surface area (Å²) in [6, 6.07) is 11.6. The first-order valence-electron chi connectivity index (χ1n) is 10.8. The van der Waals surface area contributed by atoms with E-state index in [4.69, 9.17) is 13.9 Å². The van der Waals surface area contributed by atoms with Crippen molar-refractivity contribution < 1.29 is 28.2 Å². The van der Waals surface area contributed by atoms with Crippen LogP contribution >= 0.6 is 0 Å². The third-order valence-corrected chi connectivity index (χ3v) is 5.99. The summed E-state index contributed by atoms with van der Waals surface area (Å²) in [6.45, 7) is 2.28. The summed E-state index contributed by atoms with van der Waals surface area (Å²) in [6.07, 6.45) is 3.61. The summed E-state index contributed by atoms with van der Waals surface area (Å²) >= 11 is 0. The van der Waals surface area contributed by atoms with Crippen LogP contribution in [0.25, 0.3) is 17.2 Å². The number of carbonyl (C=O) groups is 1. The molecule has 1 heterocycles. The molecule has 6 nitrogen and oxygen atoms in total. The number of fused-ring (bicyclic) bond motifs is 1. The van der Waals surface area contributed by atoms with Gasteiger partial charge in [-0.05, 0) is 82.8 Å². The van der Waals surface area contributed by atoms with Crippen molar-refractivity contribution in [3.05, 3.63) is 82.6 Å². The predicted molar refractivity (Wildman–Crippen MR) is 128 cm³/mol.